The number of amides is 1. The molecule has 1 heterocycles. The summed E-state index contributed by atoms with van der Waals surface area (Å²) in [5, 5.41) is 8.39. The van der Waals surface area contributed by atoms with E-state index in [4.69, 9.17) is 0 Å². The van der Waals surface area contributed by atoms with Gasteiger partial charge in [0.15, 0.2) is 5.72 Å². The van der Waals surface area contributed by atoms with Crippen LogP contribution in [0.25, 0.3) is 0 Å². The molecule has 0 aromatic rings. The Morgan fingerprint density at radius 1 is 1.45 bits per heavy atom. The minimum Gasteiger partial charge on any atom is -0.367 e. The summed E-state index contributed by atoms with van der Waals surface area (Å²) in [6, 6.07) is 0. The van der Waals surface area contributed by atoms with Crippen LogP contribution in [-0.2, 0) is 4.79 Å². The van der Waals surface area contributed by atoms with E-state index >= 15 is 0 Å². The Balaban J connectivity index is 2.92. The van der Waals surface area contributed by atoms with Crippen molar-refractivity contribution in [3.63, 3.8) is 0 Å². The predicted molar refractivity (Wildman–Crippen MR) is 81.6 cm³/mol. The summed E-state index contributed by atoms with van der Waals surface area (Å²) in [5.41, 5.74) is -2.04. The molecule has 0 aromatic carbocycles. The number of aliphatic hydroxyl groups is 1. The number of alkyl halides is 3. The second-order valence-corrected chi connectivity index (χ2v) is 7.07. The third-order valence-electron chi connectivity index (χ3n) is 3.37. The van der Waals surface area contributed by atoms with Crippen LogP contribution < -0.4 is 0 Å². The second-order valence-electron chi connectivity index (χ2n) is 5.68. The molecular formula is C14H23F3N2O2S. The fourth-order valence-electron chi connectivity index (χ4n) is 2.38. The summed E-state index contributed by atoms with van der Waals surface area (Å²) >= 11 is 0.656. The van der Waals surface area contributed by atoms with Crippen molar-refractivity contribution in [1.82, 2.24) is 9.80 Å². The highest BCUT2D eigenvalue weighted by Crippen LogP contribution is 2.40. The standard InChI is InChI=1S/C14H23F3N2O2S/c1-5-22-11(14(15,16)17)10-9-13(2,21)19(12(10)20)8-6-7-18(3)4/h9,11,21H,5-8H2,1-4H3. The molecule has 0 fully saturated rings. The molecule has 0 saturated heterocycles. The Labute approximate surface area is 133 Å². The lowest BCUT2D eigenvalue weighted by molar-refractivity contribution is -0.144. The Kier molecular flexibility index (Phi) is 6.35. The van der Waals surface area contributed by atoms with Crippen LogP contribution in [0.4, 0.5) is 13.2 Å². The van der Waals surface area contributed by atoms with Gasteiger partial charge in [-0.2, -0.15) is 13.2 Å². The number of thioether (sulfide) groups is 1. The average Bonchev–Trinajstić information content (AvgIpc) is 2.57. The highest BCUT2D eigenvalue weighted by atomic mass is 32.2. The summed E-state index contributed by atoms with van der Waals surface area (Å²) in [6.07, 6.45) is -2.89. The van der Waals surface area contributed by atoms with Crippen LogP contribution in [0, 0.1) is 0 Å². The Bertz CT molecular complexity index is 436. The Morgan fingerprint density at radius 2 is 2.05 bits per heavy atom. The molecule has 128 valence electrons. The molecule has 1 aliphatic heterocycles. The molecule has 1 aliphatic rings. The van der Waals surface area contributed by atoms with Gasteiger partial charge in [0.25, 0.3) is 5.91 Å². The van der Waals surface area contributed by atoms with Gasteiger partial charge in [0, 0.05) is 12.1 Å². The maximum atomic E-state index is 13.1. The molecule has 1 rings (SSSR count). The molecule has 8 heteroatoms. The van der Waals surface area contributed by atoms with Crippen molar-refractivity contribution >= 4 is 17.7 Å². The van der Waals surface area contributed by atoms with E-state index in [1.165, 1.54) is 6.92 Å². The highest BCUT2D eigenvalue weighted by molar-refractivity contribution is 8.00. The summed E-state index contributed by atoms with van der Waals surface area (Å²) in [6.45, 7) is 3.85. The lowest BCUT2D eigenvalue weighted by Gasteiger charge is -2.30. The minimum absolute atomic E-state index is 0.214. The van der Waals surface area contributed by atoms with Crippen LogP contribution >= 0.6 is 11.8 Å². The number of rotatable bonds is 7. The van der Waals surface area contributed by atoms with E-state index in [9.17, 15) is 23.1 Å². The summed E-state index contributed by atoms with van der Waals surface area (Å²) < 4.78 is 39.4. The molecule has 22 heavy (non-hydrogen) atoms. The largest absolute Gasteiger partial charge is 0.404 e. The molecule has 0 spiro atoms. The van der Waals surface area contributed by atoms with Gasteiger partial charge in [0.05, 0.1) is 0 Å². The number of carbonyl (C=O) groups excluding carboxylic acids is 1. The average molecular weight is 340 g/mol. The van der Waals surface area contributed by atoms with Gasteiger partial charge < -0.3 is 14.9 Å². The summed E-state index contributed by atoms with van der Waals surface area (Å²) in [5.74, 6) is -0.496. The van der Waals surface area contributed by atoms with E-state index in [0.29, 0.717) is 24.7 Å². The number of hydrogen-bond acceptors (Lipinski definition) is 4. The van der Waals surface area contributed by atoms with Gasteiger partial charge in [-0.3, -0.25) is 4.79 Å². The first-order valence-corrected chi connectivity index (χ1v) is 8.15. The fraction of sp³-hybridized carbons (Fsp3) is 0.786. The second kappa shape index (κ2) is 7.23. The topological polar surface area (TPSA) is 43.8 Å². The molecule has 1 amide bonds. The molecule has 1 N–H and O–H groups in total. The lowest BCUT2D eigenvalue weighted by atomic mass is 10.1. The number of carbonyl (C=O) groups is 1. The smallest absolute Gasteiger partial charge is 0.367 e. The van der Waals surface area contributed by atoms with Gasteiger partial charge in [0.2, 0.25) is 0 Å². The molecule has 0 radical (unpaired) electrons. The van der Waals surface area contributed by atoms with Crippen molar-refractivity contribution < 1.29 is 23.1 Å². The SMILES string of the molecule is CCSC(C1=CC(C)(O)N(CCCN(C)C)C1=O)C(F)(F)F. The molecule has 2 atom stereocenters. The van der Waals surface area contributed by atoms with Crippen molar-refractivity contribution in [3.05, 3.63) is 11.6 Å². The maximum Gasteiger partial charge on any atom is 0.404 e. The number of halogens is 3. The normalized spacial score (nSPS) is 24.1. The Morgan fingerprint density at radius 3 is 2.50 bits per heavy atom. The van der Waals surface area contributed by atoms with E-state index in [0.717, 1.165) is 11.0 Å². The van der Waals surface area contributed by atoms with Gasteiger partial charge in [-0.15, -0.1) is 11.8 Å². The van der Waals surface area contributed by atoms with Gasteiger partial charge in [-0.25, -0.2) is 0 Å². The van der Waals surface area contributed by atoms with Crippen LogP contribution in [0.1, 0.15) is 20.3 Å². The predicted octanol–water partition coefficient (Wildman–Crippen LogP) is 2.10. The van der Waals surface area contributed by atoms with Crippen LogP contribution in [0.5, 0.6) is 0 Å². The van der Waals surface area contributed by atoms with Gasteiger partial charge in [0.1, 0.15) is 5.25 Å². The maximum absolute atomic E-state index is 13.1. The van der Waals surface area contributed by atoms with Crippen molar-refractivity contribution in [2.75, 3.05) is 32.9 Å². The third kappa shape index (κ3) is 4.63. The van der Waals surface area contributed by atoms with Crippen LogP contribution in [0.2, 0.25) is 0 Å². The van der Waals surface area contributed by atoms with E-state index in [-0.39, 0.29) is 17.9 Å². The van der Waals surface area contributed by atoms with Gasteiger partial charge >= 0.3 is 6.18 Å². The lowest BCUT2D eigenvalue weighted by Crippen LogP contribution is -2.45. The zero-order chi connectivity index (χ0) is 17.1. The van der Waals surface area contributed by atoms with Gasteiger partial charge in [-0.05, 0) is 45.8 Å². The highest BCUT2D eigenvalue weighted by Gasteiger charge is 2.50. The first-order valence-electron chi connectivity index (χ1n) is 7.10. The van der Waals surface area contributed by atoms with Crippen LogP contribution in [0.3, 0.4) is 0 Å². The molecular weight excluding hydrogens is 317 g/mol. The molecule has 4 nitrogen and oxygen atoms in total. The zero-order valence-electron chi connectivity index (χ0n) is 13.3. The first-order chi connectivity index (χ1) is 10.0. The van der Waals surface area contributed by atoms with Crippen LogP contribution in [0.15, 0.2) is 11.6 Å². The van der Waals surface area contributed by atoms with E-state index in [1.807, 2.05) is 19.0 Å². The van der Waals surface area contributed by atoms with Crippen molar-refractivity contribution in [3.8, 4) is 0 Å². The van der Waals surface area contributed by atoms with Crippen molar-refractivity contribution in [1.29, 1.82) is 0 Å². The molecule has 0 bridgehead atoms. The number of hydrogen-bond donors (Lipinski definition) is 1. The molecule has 0 aromatic heterocycles. The summed E-state index contributed by atoms with van der Waals surface area (Å²) in [7, 11) is 3.73. The number of nitrogens with zero attached hydrogens (tertiary/aromatic N) is 2. The molecule has 0 aliphatic carbocycles. The van der Waals surface area contributed by atoms with E-state index in [2.05, 4.69) is 0 Å². The fourth-order valence-corrected chi connectivity index (χ4v) is 3.25. The van der Waals surface area contributed by atoms with Crippen molar-refractivity contribution in [2.45, 2.75) is 37.4 Å². The van der Waals surface area contributed by atoms with Gasteiger partial charge in [-0.1, -0.05) is 6.92 Å². The molecule has 2 unspecified atom stereocenters. The third-order valence-corrected chi connectivity index (χ3v) is 4.56. The zero-order valence-corrected chi connectivity index (χ0v) is 14.1. The Hall–Kier alpha value is -0.730. The molecule has 0 saturated carbocycles. The monoisotopic (exact) mass is 340 g/mol. The minimum atomic E-state index is -4.52. The van der Waals surface area contributed by atoms with E-state index in [1.54, 1.807) is 6.92 Å². The first kappa shape index (κ1) is 19.3. The van der Waals surface area contributed by atoms with Crippen molar-refractivity contribution in [2.24, 2.45) is 0 Å². The van der Waals surface area contributed by atoms with E-state index < -0.39 is 23.1 Å². The quantitative estimate of drug-likeness (QED) is 0.771. The van der Waals surface area contributed by atoms with Crippen LogP contribution in [-0.4, -0.2) is 70.9 Å². The summed E-state index contributed by atoms with van der Waals surface area (Å²) in [4.78, 5) is 15.4.